The third-order valence-electron chi connectivity index (χ3n) is 4.05. The first-order valence-electron chi connectivity index (χ1n) is 7.92. The van der Waals surface area contributed by atoms with Gasteiger partial charge in [0.05, 0.1) is 11.6 Å². The number of rotatable bonds is 5. The predicted octanol–water partition coefficient (Wildman–Crippen LogP) is 1.65. The van der Waals surface area contributed by atoms with E-state index in [1.807, 2.05) is 35.2 Å². The molecule has 3 rings (SSSR count). The highest BCUT2D eigenvalue weighted by atomic mass is 16.2. The van der Waals surface area contributed by atoms with Crippen LogP contribution >= 0.6 is 0 Å². The minimum absolute atomic E-state index is 0.0560. The number of hydrogen-bond donors (Lipinski definition) is 2. The maximum absolute atomic E-state index is 12.2. The molecule has 6 nitrogen and oxygen atoms in total. The summed E-state index contributed by atoms with van der Waals surface area (Å²) in [5.41, 5.74) is 1.59. The highest BCUT2D eigenvalue weighted by molar-refractivity contribution is 5.98. The summed E-state index contributed by atoms with van der Waals surface area (Å²) in [7, 11) is 1.58. The SMILES string of the molecule is CNC(=O)c1cccnc1N[C@H]1CC(=O)N(Cc2ccccc2)C1. The van der Waals surface area contributed by atoms with E-state index in [2.05, 4.69) is 15.6 Å². The highest BCUT2D eigenvalue weighted by Gasteiger charge is 2.30. The molecule has 0 aliphatic carbocycles. The number of anilines is 1. The van der Waals surface area contributed by atoms with Crippen LogP contribution in [0.4, 0.5) is 5.82 Å². The van der Waals surface area contributed by atoms with Crippen molar-refractivity contribution in [2.75, 3.05) is 18.9 Å². The van der Waals surface area contributed by atoms with E-state index in [0.717, 1.165) is 5.56 Å². The molecule has 2 aromatic rings. The summed E-state index contributed by atoms with van der Waals surface area (Å²) in [6.07, 6.45) is 2.03. The van der Waals surface area contributed by atoms with Gasteiger partial charge >= 0.3 is 0 Å². The molecule has 0 saturated carbocycles. The van der Waals surface area contributed by atoms with Crippen molar-refractivity contribution in [3.8, 4) is 0 Å². The van der Waals surface area contributed by atoms with E-state index in [1.165, 1.54) is 0 Å². The van der Waals surface area contributed by atoms with Crippen LogP contribution in [0.1, 0.15) is 22.3 Å². The predicted molar refractivity (Wildman–Crippen MR) is 91.5 cm³/mol. The molecule has 0 radical (unpaired) electrons. The molecule has 2 heterocycles. The fourth-order valence-corrected chi connectivity index (χ4v) is 2.86. The lowest BCUT2D eigenvalue weighted by molar-refractivity contribution is -0.128. The minimum Gasteiger partial charge on any atom is -0.364 e. The van der Waals surface area contributed by atoms with Crippen LogP contribution in [0, 0.1) is 0 Å². The van der Waals surface area contributed by atoms with E-state index in [1.54, 1.807) is 25.4 Å². The average molecular weight is 324 g/mol. The smallest absolute Gasteiger partial charge is 0.254 e. The zero-order valence-electron chi connectivity index (χ0n) is 13.5. The summed E-state index contributed by atoms with van der Waals surface area (Å²) >= 11 is 0. The van der Waals surface area contributed by atoms with Crippen LogP contribution in [0.2, 0.25) is 0 Å². The maximum atomic E-state index is 12.2. The Labute approximate surface area is 140 Å². The molecule has 0 bridgehead atoms. The Bertz CT molecular complexity index is 733. The van der Waals surface area contributed by atoms with Crippen molar-refractivity contribution in [1.82, 2.24) is 15.2 Å². The molecule has 1 fully saturated rings. The quantitative estimate of drug-likeness (QED) is 0.877. The van der Waals surface area contributed by atoms with E-state index in [9.17, 15) is 9.59 Å². The first-order chi connectivity index (χ1) is 11.7. The lowest BCUT2D eigenvalue weighted by atomic mass is 10.2. The van der Waals surface area contributed by atoms with Gasteiger partial charge in [0.2, 0.25) is 5.91 Å². The fraction of sp³-hybridized carbons (Fsp3) is 0.278. The molecule has 1 saturated heterocycles. The first-order valence-corrected chi connectivity index (χ1v) is 7.92. The molecule has 2 N–H and O–H groups in total. The number of carbonyl (C=O) groups is 2. The van der Waals surface area contributed by atoms with Crippen molar-refractivity contribution in [3.63, 3.8) is 0 Å². The Balaban J connectivity index is 1.68. The van der Waals surface area contributed by atoms with Crippen molar-refractivity contribution in [1.29, 1.82) is 0 Å². The Morgan fingerprint density at radius 3 is 2.79 bits per heavy atom. The molecule has 24 heavy (non-hydrogen) atoms. The van der Waals surface area contributed by atoms with E-state index in [-0.39, 0.29) is 17.9 Å². The van der Waals surface area contributed by atoms with Crippen LogP contribution in [0.5, 0.6) is 0 Å². The van der Waals surface area contributed by atoms with Gasteiger partial charge in [-0.2, -0.15) is 0 Å². The topological polar surface area (TPSA) is 74.3 Å². The van der Waals surface area contributed by atoms with Crippen LogP contribution in [0.3, 0.4) is 0 Å². The molecule has 0 unspecified atom stereocenters. The molecular formula is C18H20N4O2. The van der Waals surface area contributed by atoms with Crippen LogP contribution in [-0.2, 0) is 11.3 Å². The maximum Gasteiger partial charge on any atom is 0.254 e. The Kier molecular flexibility index (Phi) is 4.74. The van der Waals surface area contributed by atoms with Crippen LogP contribution < -0.4 is 10.6 Å². The van der Waals surface area contributed by atoms with Gasteiger partial charge in [-0.05, 0) is 17.7 Å². The fourth-order valence-electron chi connectivity index (χ4n) is 2.86. The molecule has 124 valence electrons. The second kappa shape index (κ2) is 7.12. The van der Waals surface area contributed by atoms with E-state index in [4.69, 9.17) is 0 Å². The van der Waals surface area contributed by atoms with Crippen molar-refractivity contribution in [2.45, 2.75) is 19.0 Å². The Morgan fingerprint density at radius 2 is 2.04 bits per heavy atom. The molecule has 1 aromatic heterocycles. The van der Waals surface area contributed by atoms with Gasteiger partial charge < -0.3 is 15.5 Å². The second-order valence-corrected chi connectivity index (χ2v) is 5.78. The van der Waals surface area contributed by atoms with Gasteiger partial charge in [-0.25, -0.2) is 4.98 Å². The second-order valence-electron chi connectivity index (χ2n) is 5.78. The molecule has 0 spiro atoms. The number of carbonyl (C=O) groups excluding carboxylic acids is 2. The van der Waals surface area contributed by atoms with Gasteiger partial charge in [0, 0.05) is 32.8 Å². The van der Waals surface area contributed by atoms with Crippen LogP contribution in [0.15, 0.2) is 48.7 Å². The number of benzene rings is 1. The lowest BCUT2D eigenvalue weighted by Crippen LogP contribution is -2.29. The summed E-state index contributed by atoms with van der Waals surface area (Å²) in [4.78, 5) is 30.2. The summed E-state index contributed by atoms with van der Waals surface area (Å²) in [6, 6.07) is 13.3. The van der Waals surface area contributed by atoms with Crippen molar-refractivity contribution in [3.05, 3.63) is 59.8 Å². The van der Waals surface area contributed by atoms with Gasteiger partial charge in [0.1, 0.15) is 5.82 Å². The Hall–Kier alpha value is -2.89. The van der Waals surface area contributed by atoms with E-state index >= 15 is 0 Å². The van der Waals surface area contributed by atoms with Crippen molar-refractivity contribution in [2.24, 2.45) is 0 Å². The third-order valence-corrected chi connectivity index (χ3v) is 4.05. The largest absolute Gasteiger partial charge is 0.364 e. The normalized spacial score (nSPS) is 17.0. The lowest BCUT2D eigenvalue weighted by Gasteiger charge is -2.18. The number of pyridine rings is 1. The number of hydrogen-bond acceptors (Lipinski definition) is 4. The molecule has 1 aliphatic heterocycles. The highest BCUT2D eigenvalue weighted by Crippen LogP contribution is 2.20. The van der Waals surface area contributed by atoms with E-state index < -0.39 is 0 Å². The van der Waals surface area contributed by atoms with Gasteiger partial charge in [0.15, 0.2) is 0 Å². The van der Waals surface area contributed by atoms with Gasteiger partial charge in [-0.3, -0.25) is 9.59 Å². The minimum atomic E-state index is -0.198. The standard InChI is InChI=1S/C18H20N4O2/c1-19-18(24)15-8-5-9-20-17(15)21-14-10-16(23)22(12-14)11-13-6-3-2-4-7-13/h2-9,14H,10-12H2,1H3,(H,19,24)(H,20,21)/t14-/m0/s1. The zero-order chi connectivity index (χ0) is 16.9. The molecule has 6 heteroatoms. The zero-order valence-corrected chi connectivity index (χ0v) is 13.5. The van der Waals surface area contributed by atoms with Gasteiger partial charge in [-0.1, -0.05) is 30.3 Å². The number of amides is 2. The van der Waals surface area contributed by atoms with Gasteiger partial charge in [0.25, 0.3) is 5.91 Å². The number of nitrogens with zero attached hydrogens (tertiary/aromatic N) is 2. The van der Waals surface area contributed by atoms with E-state index in [0.29, 0.717) is 30.9 Å². The number of aromatic nitrogens is 1. The third kappa shape index (κ3) is 3.53. The van der Waals surface area contributed by atoms with Crippen LogP contribution in [-0.4, -0.2) is 41.3 Å². The summed E-state index contributed by atoms with van der Waals surface area (Å²) in [5.74, 6) is 0.418. The average Bonchev–Trinajstić information content (AvgIpc) is 2.95. The van der Waals surface area contributed by atoms with Gasteiger partial charge in [-0.15, -0.1) is 0 Å². The summed E-state index contributed by atoms with van der Waals surface area (Å²) in [5, 5.41) is 5.84. The number of likely N-dealkylation sites (tertiary alicyclic amines) is 1. The molecule has 1 atom stereocenters. The molecular weight excluding hydrogens is 304 g/mol. The molecule has 1 aromatic carbocycles. The van der Waals surface area contributed by atoms with Crippen molar-refractivity contribution < 1.29 is 9.59 Å². The summed E-state index contributed by atoms with van der Waals surface area (Å²) in [6.45, 7) is 1.19. The molecule has 2 amide bonds. The number of nitrogens with one attached hydrogen (secondary N) is 2. The monoisotopic (exact) mass is 324 g/mol. The Morgan fingerprint density at radius 1 is 1.25 bits per heavy atom. The van der Waals surface area contributed by atoms with Crippen LogP contribution in [0.25, 0.3) is 0 Å². The first kappa shape index (κ1) is 16.0. The van der Waals surface area contributed by atoms with Crippen molar-refractivity contribution >= 4 is 17.6 Å². The summed E-state index contributed by atoms with van der Waals surface area (Å²) < 4.78 is 0. The molecule has 1 aliphatic rings.